The van der Waals surface area contributed by atoms with Crippen molar-refractivity contribution in [2.45, 2.75) is 6.10 Å². The Hall–Kier alpha value is -0.430. The van der Waals surface area contributed by atoms with Gasteiger partial charge in [-0.2, -0.15) is 0 Å². The summed E-state index contributed by atoms with van der Waals surface area (Å²) in [6.07, 6.45) is -0.202. The summed E-state index contributed by atoms with van der Waals surface area (Å²) in [6.45, 7) is -0.379. The Morgan fingerprint density at radius 2 is 1.94 bits per heavy atom. The highest BCUT2D eigenvalue weighted by Crippen LogP contribution is 2.34. The van der Waals surface area contributed by atoms with Crippen LogP contribution >= 0.6 is 31.9 Å². The molecule has 6 heteroatoms. The van der Waals surface area contributed by atoms with E-state index >= 15 is 0 Å². The molecule has 1 aromatic rings. The number of halogens is 2. The minimum Gasteiger partial charge on any atom is -0.488 e. The molecule has 1 rings (SSSR count). The fourth-order valence-corrected chi connectivity index (χ4v) is 2.47. The van der Waals surface area contributed by atoms with E-state index in [2.05, 4.69) is 31.9 Å². The summed E-state index contributed by atoms with van der Waals surface area (Å²) < 4.78 is 6.51. The molecule has 2 N–H and O–H groups in total. The lowest BCUT2D eigenvalue weighted by atomic mass is 10.2. The normalized spacial score (nSPS) is 12.2. The van der Waals surface area contributed by atoms with E-state index in [1.165, 1.54) is 0 Å². The van der Waals surface area contributed by atoms with Crippen molar-refractivity contribution in [2.75, 3.05) is 13.2 Å². The van der Waals surface area contributed by atoms with Crippen molar-refractivity contribution in [2.24, 2.45) is 0 Å². The van der Waals surface area contributed by atoms with Gasteiger partial charge in [-0.25, -0.2) is 0 Å². The third-order valence-electron chi connectivity index (χ3n) is 1.79. The lowest BCUT2D eigenvalue weighted by molar-refractivity contribution is 0.0531. The molecule has 4 nitrogen and oxygen atoms in total. The molecule has 16 heavy (non-hydrogen) atoms. The van der Waals surface area contributed by atoms with Crippen molar-refractivity contribution in [3.63, 3.8) is 0 Å². The number of ether oxygens (including phenoxy) is 1. The molecule has 0 bridgehead atoms. The first-order valence-electron chi connectivity index (χ1n) is 4.44. The molecule has 0 aliphatic rings. The van der Waals surface area contributed by atoms with Crippen LogP contribution in [0.5, 0.6) is 5.75 Å². The average molecular weight is 354 g/mol. The molecule has 0 fully saturated rings. The van der Waals surface area contributed by atoms with E-state index in [4.69, 9.17) is 14.9 Å². The zero-order valence-electron chi connectivity index (χ0n) is 8.19. The van der Waals surface area contributed by atoms with Gasteiger partial charge in [-0.15, -0.1) is 0 Å². The van der Waals surface area contributed by atoms with Crippen LogP contribution in [0.1, 0.15) is 10.4 Å². The topological polar surface area (TPSA) is 66.8 Å². The van der Waals surface area contributed by atoms with Gasteiger partial charge in [0.15, 0.2) is 0 Å². The van der Waals surface area contributed by atoms with Gasteiger partial charge in [0.1, 0.15) is 24.7 Å². The highest BCUT2D eigenvalue weighted by atomic mass is 79.9. The molecule has 0 amide bonds. The SMILES string of the molecule is O=Cc1cc(Br)c(OCC(O)CO)c(Br)c1. The number of aliphatic hydroxyl groups excluding tert-OH is 2. The highest BCUT2D eigenvalue weighted by Gasteiger charge is 2.11. The number of carbonyl (C=O) groups excluding carboxylic acids is 1. The van der Waals surface area contributed by atoms with Gasteiger partial charge in [0, 0.05) is 5.56 Å². The van der Waals surface area contributed by atoms with Crippen LogP contribution in [0.15, 0.2) is 21.1 Å². The molecule has 0 aromatic heterocycles. The second kappa shape index (κ2) is 6.34. The summed E-state index contributed by atoms with van der Waals surface area (Å²) in [5, 5.41) is 17.8. The first-order valence-corrected chi connectivity index (χ1v) is 6.03. The lowest BCUT2D eigenvalue weighted by Crippen LogP contribution is -2.21. The minimum atomic E-state index is -0.926. The standard InChI is InChI=1S/C10H10Br2O4/c11-8-1-6(3-13)2-9(12)10(8)16-5-7(15)4-14/h1-3,7,14-15H,4-5H2. The van der Waals surface area contributed by atoms with Crippen molar-refractivity contribution in [3.8, 4) is 5.75 Å². The molecule has 88 valence electrons. The average Bonchev–Trinajstić information content (AvgIpc) is 2.27. The Kier molecular flexibility index (Phi) is 5.40. The Labute approximate surface area is 109 Å². The number of aldehydes is 1. The molecular weight excluding hydrogens is 344 g/mol. The molecule has 0 heterocycles. The largest absolute Gasteiger partial charge is 0.488 e. The zero-order chi connectivity index (χ0) is 12.1. The first kappa shape index (κ1) is 13.6. The quantitative estimate of drug-likeness (QED) is 0.791. The first-order chi connectivity index (χ1) is 7.58. The van der Waals surface area contributed by atoms with Crippen molar-refractivity contribution < 1.29 is 19.7 Å². The molecule has 0 saturated carbocycles. The number of carbonyl (C=O) groups is 1. The molecule has 1 unspecified atom stereocenters. The van der Waals surface area contributed by atoms with E-state index in [1.807, 2.05) is 0 Å². The predicted molar refractivity (Wildman–Crippen MR) is 65.8 cm³/mol. The fourth-order valence-electron chi connectivity index (χ4n) is 1.02. The molecule has 0 aliphatic carbocycles. The minimum absolute atomic E-state index is 0.0197. The van der Waals surface area contributed by atoms with Crippen molar-refractivity contribution >= 4 is 38.1 Å². The summed E-state index contributed by atoms with van der Waals surface area (Å²) in [6, 6.07) is 3.22. The molecule has 0 aliphatic heterocycles. The van der Waals surface area contributed by atoms with E-state index < -0.39 is 6.10 Å². The summed E-state index contributed by atoms with van der Waals surface area (Å²) in [7, 11) is 0. The molecule has 0 saturated heterocycles. The van der Waals surface area contributed by atoms with Crippen LogP contribution in [0.3, 0.4) is 0 Å². The molecular formula is C10H10Br2O4. The molecule has 1 atom stereocenters. The smallest absolute Gasteiger partial charge is 0.150 e. The van der Waals surface area contributed by atoms with Gasteiger partial charge in [-0.1, -0.05) is 0 Å². The number of hydrogen-bond donors (Lipinski definition) is 2. The molecule has 1 aromatic carbocycles. The number of aliphatic hydroxyl groups is 2. The van der Waals surface area contributed by atoms with Crippen molar-refractivity contribution in [1.29, 1.82) is 0 Å². The van der Waals surface area contributed by atoms with Gasteiger partial charge in [0.2, 0.25) is 0 Å². The Balaban J connectivity index is 2.84. The monoisotopic (exact) mass is 352 g/mol. The van der Waals surface area contributed by atoms with Crippen LogP contribution in [0.25, 0.3) is 0 Å². The third kappa shape index (κ3) is 3.55. The van der Waals surface area contributed by atoms with E-state index in [0.717, 1.165) is 6.29 Å². The van der Waals surface area contributed by atoms with Gasteiger partial charge >= 0.3 is 0 Å². The summed E-state index contributed by atoms with van der Waals surface area (Å²) >= 11 is 6.51. The van der Waals surface area contributed by atoms with E-state index in [-0.39, 0.29) is 13.2 Å². The van der Waals surface area contributed by atoms with Crippen LogP contribution in [-0.4, -0.2) is 35.8 Å². The summed E-state index contributed by atoms with van der Waals surface area (Å²) in [5.74, 6) is 0.484. The van der Waals surface area contributed by atoms with Crippen LogP contribution in [-0.2, 0) is 0 Å². The van der Waals surface area contributed by atoms with E-state index in [0.29, 0.717) is 20.3 Å². The number of hydrogen-bond acceptors (Lipinski definition) is 4. The van der Waals surface area contributed by atoms with Crippen molar-refractivity contribution in [1.82, 2.24) is 0 Å². The van der Waals surface area contributed by atoms with Gasteiger partial charge in [0.05, 0.1) is 15.6 Å². The molecule has 0 spiro atoms. The number of benzene rings is 1. The van der Waals surface area contributed by atoms with Crippen LogP contribution in [0.4, 0.5) is 0 Å². The Morgan fingerprint density at radius 1 is 1.38 bits per heavy atom. The van der Waals surface area contributed by atoms with E-state index in [1.54, 1.807) is 12.1 Å². The second-order valence-electron chi connectivity index (χ2n) is 3.08. The Morgan fingerprint density at radius 3 is 2.38 bits per heavy atom. The lowest BCUT2D eigenvalue weighted by Gasteiger charge is -2.13. The van der Waals surface area contributed by atoms with Crippen LogP contribution < -0.4 is 4.74 Å². The second-order valence-corrected chi connectivity index (χ2v) is 4.79. The zero-order valence-corrected chi connectivity index (χ0v) is 11.4. The van der Waals surface area contributed by atoms with Crippen molar-refractivity contribution in [3.05, 3.63) is 26.6 Å². The Bertz CT molecular complexity index is 358. The maximum Gasteiger partial charge on any atom is 0.150 e. The summed E-state index contributed by atoms with van der Waals surface area (Å²) in [5.41, 5.74) is 0.508. The highest BCUT2D eigenvalue weighted by molar-refractivity contribution is 9.11. The third-order valence-corrected chi connectivity index (χ3v) is 2.97. The van der Waals surface area contributed by atoms with Crippen LogP contribution in [0, 0.1) is 0 Å². The molecule has 0 radical (unpaired) electrons. The maximum absolute atomic E-state index is 10.6. The summed E-state index contributed by atoms with van der Waals surface area (Å²) in [4.78, 5) is 10.6. The van der Waals surface area contributed by atoms with Gasteiger partial charge in [0.25, 0.3) is 0 Å². The van der Waals surface area contributed by atoms with Gasteiger partial charge in [-0.3, -0.25) is 4.79 Å². The van der Waals surface area contributed by atoms with Gasteiger partial charge in [-0.05, 0) is 44.0 Å². The fraction of sp³-hybridized carbons (Fsp3) is 0.300. The van der Waals surface area contributed by atoms with E-state index in [9.17, 15) is 4.79 Å². The predicted octanol–water partition coefficient (Wildman–Crippen LogP) is 1.76. The maximum atomic E-state index is 10.6. The number of rotatable bonds is 5. The van der Waals surface area contributed by atoms with Crippen LogP contribution in [0.2, 0.25) is 0 Å². The van der Waals surface area contributed by atoms with Gasteiger partial charge < -0.3 is 14.9 Å².